The van der Waals surface area contributed by atoms with Gasteiger partial charge in [-0.1, -0.05) is 12.1 Å². The summed E-state index contributed by atoms with van der Waals surface area (Å²) < 4.78 is 29.5. The minimum atomic E-state index is -0.529. The molecule has 0 aliphatic carbocycles. The van der Waals surface area contributed by atoms with E-state index in [1.807, 2.05) is 42.9 Å². The van der Waals surface area contributed by atoms with Gasteiger partial charge in [-0.05, 0) is 50.1 Å². The van der Waals surface area contributed by atoms with Gasteiger partial charge in [0.2, 0.25) is 0 Å². The Balaban J connectivity index is 2.25. The topological polar surface area (TPSA) is 17.8 Å². The standard InChI is InChI=1S/C17H16F2N2/c1-10(2)21-9-14-13(5-4-6-17(14)20-21)12-7-15(18)11(3)16(19)8-12/h4-10H,1-3H3. The molecule has 0 N–H and O–H groups in total. The molecule has 0 unspecified atom stereocenters. The summed E-state index contributed by atoms with van der Waals surface area (Å²) in [5.74, 6) is -1.06. The lowest BCUT2D eigenvalue weighted by Crippen LogP contribution is -1.99. The average molecular weight is 286 g/mol. The van der Waals surface area contributed by atoms with Crippen molar-refractivity contribution in [1.82, 2.24) is 9.78 Å². The summed E-state index contributed by atoms with van der Waals surface area (Å²) in [4.78, 5) is 0. The van der Waals surface area contributed by atoms with E-state index in [1.165, 1.54) is 19.1 Å². The summed E-state index contributed by atoms with van der Waals surface area (Å²) in [6.45, 7) is 5.51. The van der Waals surface area contributed by atoms with E-state index in [2.05, 4.69) is 5.10 Å². The van der Waals surface area contributed by atoms with Crippen molar-refractivity contribution >= 4 is 10.9 Å². The lowest BCUT2D eigenvalue weighted by Gasteiger charge is -2.06. The number of hydrogen-bond acceptors (Lipinski definition) is 1. The molecule has 0 saturated heterocycles. The minimum absolute atomic E-state index is 0.0452. The van der Waals surface area contributed by atoms with E-state index < -0.39 is 11.6 Å². The van der Waals surface area contributed by atoms with Crippen molar-refractivity contribution in [2.24, 2.45) is 0 Å². The first-order chi connectivity index (χ1) is 9.97. The van der Waals surface area contributed by atoms with E-state index in [4.69, 9.17) is 0 Å². The van der Waals surface area contributed by atoms with Gasteiger partial charge in [0.25, 0.3) is 0 Å². The zero-order chi connectivity index (χ0) is 15.1. The Morgan fingerprint density at radius 2 is 1.76 bits per heavy atom. The van der Waals surface area contributed by atoms with Crippen molar-refractivity contribution < 1.29 is 8.78 Å². The molecule has 108 valence electrons. The summed E-state index contributed by atoms with van der Waals surface area (Å²) in [7, 11) is 0. The molecule has 0 fully saturated rings. The third-order valence-corrected chi connectivity index (χ3v) is 3.69. The zero-order valence-electron chi connectivity index (χ0n) is 12.2. The maximum Gasteiger partial charge on any atom is 0.129 e. The van der Waals surface area contributed by atoms with Crippen molar-refractivity contribution in [3.05, 3.63) is 53.7 Å². The summed E-state index contributed by atoms with van der Waals surface area (Å²) in [6, 6.07) is 8.60. The largest absolute Gasteiger partial charge is 0.269 e. The monoisotopic (exact) mass is 286 g/mol. The SMILES string of the molecule is Cc1c(F)cc(-c2cccc3nn(C(C)C)cc23)cc1F. The number of rotatable bonds is 2. The first-order valence-electron chi connectivity index (χ1n) is 6.91. The van der Waals surface area contributed by atoms with Crippen molar-refractivity contribution in [3.8, 4) is 11.1 Å². The molecule has 4 heteroatoms. The molecular formula is C17H16F2N2. The van der Waals surface area contributed by atoms with E-state index in [0.717, 1.165) is 16.5 Å². The molecule has 1 heterocycles. The molecule has 3 rings (SSSR count). The highest BCUT2D eigenvalue weighted by atomic mass is 19.1. The van der Waals surface area contributed by atoms with Crippen LogP contribution in [0.1, 0.15) is 25.5 Å². The van der Waals surface area contributed by atoms with Crippen LogP contribution in [0.2, 0.25) is 0 Å². The minimum Gasteiger partial charge on any atom is -0.269 e. The molecule has 0 spiro atoms. The van der Waals surface area contributed by atoms with Crippen LogP contribution in [0, 0.1) is 18.6 Å². The second-order valence-electron chi connectivity index (χ2n) is 5.51. The van der Waals surface area contributed by atoms with Crippen molar-refractivity contribution in [2.75, 3.05) is 0 Å². The molecule has 0 amide bonds. The molecule has 0 atom stereocenters. The highest BCUT2D eigenvalue weighted by Crippen LogP contribution is 2.30. The molecule has 0 radical (unpaired) electrons. The Morgan fingerprint density at radius 1 is 1.10 bits per heavy atom. The van der Waals surface area contributed by atoms with Crippen LogP contribution >= 0.6 is 0 Å². The van der Waals surface area contributed by atoms with Crippen LogP contribution in [0.4, 0.5) is 8.78 Å². The number of benzene rings is 2. The lowest BCUT2D eigenvalue weighted by molar-refractivity contribution is 0.537. The molecule has 0 aliphatic rings. The van der Waals surface area contributed by atoms with E-state index in [1.54, 1.807) is 0 Å². The fourth-order valence-corrected chi connectivity index (χ4v) is 2.38. The van der Waals surface area contributed by atoms with E-state index >= 15 is 0 Å². The van der Waals surface area contributed by atoms with Crippen LogP contribution in [0.3, 0.4) is 0 Å². The number of aromatic nitrogens is 2. The molecule has 2 nitrogen and oxygen atoms in total. The highest BCUT2D eigenvalue weighted by Gasteiger charge is 2.13. The van der Waals surface area contributed by atoms with Crippen LogP contribution in [0.15, 0.2) is 36.5 Å². The third kappa shape index (κ3) is 2.31. The summed E-state index contributed by atoms with van der Waals surface area (Å²) in [5, 5.41) is 5.39. The van der Waals surface area contributed by atoms with Gasteiger partial charge in [0, 0.05) is 23.2 Å². The van der Waals surface area contributed by atoms with Gasteiger partial charge in [0.1, 0.15) is 11.6 Å². The Bertz CT molecular complexity index is 796. The smallest absolute Gasteiger partial charge is 0.129 e. The highest BCUT2D eigenvalue weighted by molar-refractivity contribution is 5.94. The van der Waals surface area contributed by atoms with Gasteiger partial charge in [-0.3, -0.25) is 4.68 Å². The Kier molecular flexibility index (Phi) is 3.24. The normalized spacial score (nSPS) is 11.5. The van der Waals surface area contributed by atoms with Crippen molar-refractivity contribution in [1.29, 1.82) is 0 Å². The number of nitrogens with zero attached hydrogens (tertiary/aromatic N) is 2. The number of halogens is 2. The fourth-order valence-electron chi connectivity index (χ4n) is 2.38. The van der Waals surface area contributed by atoms with Gasteiger partial charge in [-0.15, -0.1) is 0 Å². The fraction of sp³-hybridized carbons (Fsp3) is 0.235. The first-order valence-corrected chi connectivity index (χ1v) is 6.91. The quantitative estimate of drug-likeness (QED) is 0.657. The second-order valence-corrected chi connectivity index (χ2v) is 5.51. The zero-order valence-corrected chi connectivity index (χ0v) is 12.2. The molecule has 0 aliphatic heterocycles. The Hall–Kier alpha value is -2.23. The van der Waals surface area contributed by atoms with Crippen molar-refractivity contribution in [2.45, 2.75) is 26.8 Å². The molecule has 0 saturated carbocycles. The van der Waals surface area contributed by atoms with Gasteiger partial charge in [0.05, 0.1) is 5.52 Å². The predicted molar refractivity (Wildman–Crippen MR) is 80.2 cm³/mol. The van der Waals surface area contributed by atoms with Crippen molar-refractivity contribution in [3.63, 3.8) is 0 Å². The molecule has 1 aromatic heterocycles. The van der Waals surface area contributed by atoms with E-state index in [9.17, 15) is 8.78 Å². The molecule has 3 aromatic rings. The summed E-state index contributed by atoms with van der Waals surface area (Å²) in [5.41, 5.74) is 2.19. The van der Waals surface area contributed by atoms with Crippen LogP contribution in [-0.4, -0.2) is 9.78 Å². The summed E-state index contributed by atoms with van der Waals surface area (Å²) >= 11 is 0. The van der Waals surface area contributed by atoms with E-state index in [0.29, 0.717) is 5.56 Å². The van der Waals surface area contributed by atoms with E-state index in [-0.39, 0.29) is 11.6 Å². The summed E-state index contributed by atoms with van der Waals surface area (Å²) in [6.07, 6.45) is 1.92. The first kappa shape index (κ1) is 13.7. The van der Waals surface area contributed by atoms with Crippen LogP contribution in [0.5, 0.6) is 0 Å². The van der Waals surface area contributed by atoms with Crippen LogP contribution in [0.25, 0.3) is 22.0 Å². The Labute approximate surface area is 122 Å². The number of hydrogen-bond donors (Lipinski definition) is 0. The Morgan fingerprint density at radius 3 is 2.38 bits per heavy atom. The van der Waals surface area contributed by atoms with Crippen LogP contribution < -0.4 is 0 Å². The maximum atomic E-state index is 13.8. The molecular weight excluding hydrogens is 270 g/mol. The van der Waals surface area contributed by atoms with Crippen LogP contribution in [-0.2, 0) is 0 Å². The predicted octanol–water partition coefficient (Wildman–Crippen LogP) is 4.87. The lowest BCUT2D eigenvalue weighted by atomic mass is 10.0. The third-order valence-electron chi connectivity index (χ3n) is 3.69. The number of fused-ring (bicyclic) bond motifs is 1. The van der Waals surface area contributed by atoms with Gasteiger partial charge in [-0.2, -0.15) is 5.10 Å². The molecule has 21 heavy (non-hydrogen) atoms. The average Bonchev–Trinajstić information content (AvgIpc) is 2.88. The second kappa shape index (κ2) is 4.95. The maximum absolute atomic E-state index is 13.8. The molecule has 0 bridgehead atoms. The van der Waals surface area contributed by atoms with Gasteiger partial charge < -0.3 is 0 Å². The molecule has 2 aromatic carbocycles. The van der Waals surface area contributed by atoms with Gasteiger partial charge >= 0.3 is 0 Å². The van der Waals surface area contributed by atoms with Gasteiger partial charge in [-0.25, -0.2) is 8.78 Å². The van der Waals surface area contributed by atoms with Gasteiger partial charge in [0.15, 0.2) is 0 Å².